The molecule has 5 fully saturated rings. The van der Waals surface area contributed by atoms with Crippen molar-refractivity contribution < 1.29 is 19.5 Å². The van der Waals surface area contributed by atoms with Gasteiger partial charge in [-0.1, -0.05) is 51.0 Å². The Balaban J connectivity index is 1.46. The molecular weight excluding hydrogens is 484 g/mol. The van der Waals surface area contributed by atoms with Crippen molar-refractivity contribution in [1.82, 2.24) is 5.32 Å². The van der Waals surface area contributed by atoms with Gasteiger partial charge in [0.25, 0.3) is 0 Å². The number of carbonyl (C=O) groups excluding carboxylic acids is 1. The molecule has 0 aromatic heterocycles. The summed E-state index contributed by atoms with van der Waals surface area (Å²) in [5, 5.41) is 19.2. The largest absolute Gasteiger partial charge is 0.399 e. The molecule has 10 unspecified atom stereocenters. The van der Waals surface area contributed by atoms with Gasteiger partial charge in [0.1, 0.15) is 7.11 Å². The maximum absolute atomic E-state index is 12.7. The van der Waals surface area contributed by atoms with Crippen LogP contribution in [-0.2, 0) is 14.4 Å². The highest BCUT2D eigenvalue weighted by Gasteiger charge is 2.71. The molecule has 1 amide bonds. The third-order valence-electron chi connectivity index (χ3n) is 11.2. The Labute approximate surface area is 225 Å². The van der Waals surface area contributed by atoms with Crippen LogP contribution in [-0.4, -0.2) is 53.4 Å². The number of aliphatic hydroxyl groups is 1. The molecule has 37 heavy (non-hydrogen) atoms. The summed E-state index contributed by atoms with van der Waals surface area (Å²) in [5.74, 6) is 0.913. The van der Waals surface area contributed by atoms with E-state index in [1.54, 1.807) is 7.11 Å². The first-order valence-corrected chi connectivity index (χ1v) is 15.0. The Morgan fingerprint density at radius 3 is 2.62 bits per heavy atom. The van der Waals surface area contributed by atoms with Crippen molar-refractivity contribution in [3.8, 4) is 0 Å². The molecule has 1 aromatic rings. The number of benzene rings is 1. The summed E-state index contributed by atoms with van der Waals surface area (Å²) in [6, 6.07) is 10.6. The molecule has 1 spiro atoms. The minimum atomic E-state index is -0.492. The Kier molecular flexibility index (Phi) is 6.24. The van der Waals surface area contributed by atoms with Crippen LogP contribution in [0.5, 0.6) is 0 Å². The molecule has 6 nitrogen and oxygen atoms in total. The van der Waals surface area contributed by atoms with Crippen LogP contribution in [0.3, 0.4) is 0 Å². The summed E-state index contributed by atoms with van der Waals surface area (Å²) >= 11 is 1.86. The number of hydrogen-bond acceptors (Lipinski definition) is 6. The third kappa shape index (κ3) is 3.66. The van der Waals surface area contributed by atoms with Crippen LogP contribution in [0.15, 0.2) is 40.4 Å². The molecule has 1 aromatic carbocycles. The van der Waals surface area contributed by atoms with Crippen molar-refractivity contribution in [2.24, 2.45) is 45.6 Å². The number of fused-ring (bicyclic) bond motifs is 3. The molecule has 3 aliphatic carbocycles. The number of rotatable bonds is 3. The number of aliphatic hydroxyl groups excluding tert-OH is 1. The number of thioether (sulfide) groups is 1. The number of ether oxygens (including phenoxy) is 1. The average molecular weight is 527 g/mol. The number of oxime groups is 1. The lowest BCUT2D eigenvalue weighted by Crippen LogP contribution is -2.74. The zero-order valence-electron chi connectivity index (χ0n) is 22.8. The first-order valence-electron chi connectivity index (χ1n) is 14.1. The zero-order valence-corrected chi connectivity index (χ0v) is 23.6. The molecule has 0 bridgehead atoms. The summed E-state index contributed by atoms with van der Waals surface area (Å²) in [4.78, 5) is 19.4. The fourth-order valence-electron chi connectivity index (χ4n) is 9.19. The van der Waals surface area contributed by atoms with Crippen LogP contribution < -0.4 is 5.32 Å². The van der Waals surface area contributed by atoms with Gasteiger partial charge in [-0.15, -0.1) is 11.8 Å². The molecular formula is C30H42N2O4S. The molecule has 3 saturated carbocycles. The molecule has 7 heteroatoms. The molecule has 0 radical (unpaired) electrons. The average Bonchev–Trinajstić information content (AvgIpc) is 3.22. The van der Waals surface area contributed by atoms with Gasteiger partial charge in [0.2, 0.25) is 5.91 Å². The van der Waals surface area contributed by atoms with E-state index in [-0.39, 0.29) is 57.4 Å². The Hall–Kier alpha value is -1.57. The molecule has 6 rings (SSSR count). The molecule has 2 saturated heterocycles. The van der Waals surface area contributed by atoms with Gasteiger partial charge < -0.3 is 20.0 Å². The van der Waals surface area contributed by atoms with Crippen LogP contribution in [0.25, 0.3) is 0 Å². The second kappa shape index (κ2) is 8.99. The predicted octanol–water partition coefficient (Wildman–Crippen LogP) is 4.90. The van der Waals surface area contributed by atoms with Gasteiger partial charge in [0.05, 0.1) is 28.8 Å². The fraction of sp³-hybridized carbons (Fsp3) is 0.733. The highest BCUT2D eigenvalue weighted by Crippen LogP contribution is 2.69. The quantitative estimate of drug-likeness (QED) is 0.548. The molecule has 2 aliphatic heterocycles. The normalized spacial score (nSPS) is 47.3. The van der Waals surface area contributed by atoms with E-state index in [0.717, 1.165) is 31.4 Å². The molecule has 2 N–H and O–H groups in total. The van der Waals surface area contributed by atoms with Gasteiger partial charge in [0, 0.05) is 34.6 Å². The predicted molar refractivity (Wildman–Crippen MR) is 145 cm³/mol. The van der Waals surface area contributed by atoms with Gasteiger partial charge in [-0.2, -0.15) is 0 Å². The summed E-state index contributed by atoms with van der Waals surface area (Å²) in [6.07, 6.45) is 4.00. The smallest absolute Gasteiger partial charge is 0.223 e. The van der Waals surface area contributed by atoms with E-state index in [9.17, 15) is 9.90 Å². The summed E-state index contributed by atoms with van der Waals surface area (Å²) in [6.45, 7) is 10.2. The minimum Gasteiger partial charge on any atom is -0.399 e. The number of amides is 1. The summed E-state index contributed by atoms with van der Waals surface area (Å²) in [5.41, 5.74) is 0.459. The van der Waals surface area contributed by atoms with Gasteiger partial charge in [-0.3, -0.25) is 4.79 Å². The monoisotopic (exact) mass is 526 g/mol. The van der Waals surface area contributed by atoms with E-state index < -0.39 is 6.10 Å². The zero-order chi connectivity index (χ0) is 26.2. The number of carbonyl (C=O) groups is 1. The number of hydrogen-bond donors (Lipinski definition) is 2. The fourth-order valence-corrected chi connectivity index (χ4v) is 10.6. The van der Waals surface area contributed by atoms with Crippen molar-refractivity contribution in [1.29, 1.82) is 0 Å². The van der Waals surface area contributed by atoms with E-state index in [2.05, 4.69) is 68.5 Å². The maximum atomic E-state index is 12.7. The van der Waals surface area contributed by atoms with E-state index in [1.165, 1.54) is 4.90 Å². The Bertz CT molecular complexity index is 1080. The van der Waals surface area contributed by atoms with Gasteiger partial charge >= 0.3 is 0 Å². The van der Waals surface area contributed by atoms with Crippen molar-refractivity contribution >= 4 is 23.4 Å². The topological polar surface area (TPSA) is 80.2 Å². The van der Waals surface area contributed by atoms with E-state index >= 15 is 0 Å². The second-order valence-corrected chi connectivity index (χ2v) is 14.4. The Morgan fingerprint density at radius 2 is 1.89 bits per heavy atom. The number of nitrogens with one attached hydrogen (secondary N) is 1. The van der Waals surface area contributed by atoms with Crippen molar-refractivity contribution in [2.75, 3.05) is 13.7 Å². The van der Waals surface area contributed by atoms with Gasteiger partial charge in [-0.25, -0.2) is 0 Å². The van der Waals surface area contributed by atoms with Crippen LogP contribution in [0.2, 0.25) is 0 Å². The Morgan fingerprint density at radius 1 is 1.14 bits per heavy atom. The SMILES string of the molecule is CON=C1C(Sc2ccccc2)CC23OC4C(CC2(C)C(C)CCC3C1(C)C)C(O)CC1C(=O)NCC14. The van der Waals surface area contributed by atoms with E-state index in [1.807, 2.05) is 11.8 Å². The standard InChI is InChI=1S/C30H42N2O4S/c1-17-11-12-24-28(2,3)26(32-35-5)23(37-18-9-7-6-8-10-18)15-30(24)29(17,4)14-20-22(33)13-19-21(25(20)36-30)16-31-27(19)34/h6-10,17,19-25,33H,11-16H2,1-5H3,(H,31,34). The second-order valence-electron chi connectivity index (χ2n) is 13.1. The van der Waals surface area contributed by atoms with Crippen LogP contribution in [0.1, 0.15) is 59.8 Å². The molecule has 2 heterocycles. The lowest BCUT2D eigenvalue weighted by atomic mass is 9.42. The van der Waals surface area contributed by atoms with Crippen molar-refractivity contribution in [3.63, 3.8) is 0 Å². The minimum absolute atomic E-state index is 0.0724. The first-order chi connectivity index (χ1) is 17.6. The van der Waals surface area contributed by atoms with Gasteiger partial charge in [0.15, 0.2) is 0 Å². The summed E-state index contributed by atoms with van der Waals surface area (Å²) in [7, 11) is 1.65. The first kappa shape index (κ1) is 25.7. The lowest BCUT2D eigenvalue weighted by molar-refractivity contribution is -0.318. The van der Waals surface area contributed by atoms with Crippen molar-refractivity contribution in [2.45, 2.75) is 87.8 Å². The summed E-state index contributed by atoms with van der Waals surface area (Å²) < 4.78 is 7.56. The van der Waals surface area contributed by atoms with Crippen LogP contribution in [0, 0.1) is 40.4 Å². The van der Waals surface area contributed by atoms with Crippen molar-refractivity contribution in [3.05, 3.63) is 30.3 Å². The molecule has 10 atom stereocenters. The van der Waals surface area contributed by atoms with Gasteiger partial charge in [-0.05, 0) is 61.5 Å². The highest BCUT2D eigenvalue weighted by atomic mass is 32.2. The van der Waals surface area contributed by atoms with E-state index in [0.29, 0.717) is 18.9 Å². The lowest BCUT2D eigenvalue weighted by Gasteiger charge is -2.70. The number of nitrogens with zero attached hydrogens (tertiary/aromatic N) is 1. The van der Waals surface area contributed by atoms with Crippen LogP contribution in [0.4, 0.5) is 0 Å². The third-order valence-corrected chi connectivity index (χ3v) is 12.5. The molecule has 202 valence electrons. The molecule has 5 aliphatic rings. The van der Waals surface area contributed by atoms with E-state index in [4.69, 9.17) is 9.57 Å². The highest BCUT2D eigenvalue weighted by molar-refractivity contribution is 8.00. The van der Waals surface area contributed by atoms with Crippen LogP contribution >= 0.6 is 11.8 Å². The maximum Gasteiger partial charge on any atom is 0.223 e.